The summed E-state index contributed by atoms with van der Waals surface area (Å²) in [7, 11) is -1.34. The minimum atomic E-state index is -5.56. The highest BCUT2D eigenvalue weighted by Gasteiger charge is 2.43. The zero-order valence-electron chi connectivity index (χ0n) is 14.3. The van der Waals surface area contributed by atoms with E-state index in [1.54, 1.807) is 7.11 Å². The molecule has 1 N–H and O–H groups in total. The first-order valence-corrected chi connectivity index (χ1v) is 8.68. The van der Waals surface area contributed by atoms with Crippen LogP contribution in [-0.4, -0.2) is 77.3 Å². The summed E-state index contributed by atoms with van der Waals surface area (Å²) >= 11 is 0. The van der Waals surface area contributed by atoms with Crippen molar-refractivity contribution in [2.75, 3.05) is 46.2 Å². The van der Waals surface area contributed by atoms with Gasteiger partial charge in [0.15, 0.2) is 5.75 Å². The number of sulfonamides is 1. The van der Waals surface area contributed by atoms with Gasteiger partial charge in [-0.15, -0.1) is 0 Å². The van der Waals surface area contributed by atoms with E-state index in [-0.39, 0.29) is 4.72 Å². The Bertz CT molecular complexity index is 501. The molecule has 0 rings (SSSR count). The zero-order chi connectivity index (χ0) is 20.5. The molecule has 13 heteroatoms. The van der Waals surface area contributed by atoms with Crippen LogP contribution in [0.2, 0.25) is 0 Å². The van der Waals surface area contributed by atoms with Gasteiger partial charge in [-0.05, 0) is 13.8 Å². The molecule has 0 aliphatic heterocycles. The van der Waals surface area contributed by atoms with Crippen LogP contribution in [0, 0.1) is 0 Å². The second kappa shape index (κ2) is 10.2. The number of rotatable bonds is 7. The topological polar surface area (TPSA) is 72.5 Å². The molecule has 0 aliphatic carbocycles. The number of halogens is 6. The molecule has 152 valence electrons. The number of hydrogen-bond donors (Lipinski definition) is 1. The Labute approximate surface area is 142 Å². The molecule has 0 aromatic rings. The van der Waals surface area contributed by atoms with Crippen LogP contribution in [0.5, 0.6) is 0 Å². The molecule has 25 heavy (non-hydrogen) atoms. The van der Waals surface area contributed by atoms with Gasteiger partial charge in [-0.25, -0.2) is 13.1 Å². The van der Waals surface area contributed by atoms with Crippen LogP contribution in [-0.2, 0) is 19.6 Å². The molecule has 0 aromatic carbocycles. The lowest BCUT2D eigenvalue weighted by atomic mass is 10.4. The second-order valence-corrected chi connectivity index (χ2v) is 6.99. The van der Waals surface area contributed by atoms with Crippen LogP contribution in [0.3, 0.4) is 0 Å². The maximum Gasteiger partial charge on any atom is 0.472 e. The average molecular weight is 405 g/mol. The fraction of sp³-hybridized carbons (Fsp3) is 0.917. The lowest BCUT2D eigenvalue weighted by molar-refractivity contribution is -0.906. The fourth-order valence-corrected chi connectivity index (χ4v) is 2.20. The Morgan fingerprint density at radius 3 is 1.80 bits per heavy atom. The number of nitrogens with one attached hydrogen (secondary N) is 1. The normalized spacial score (nSPS) is 13.0. The Morgan fingerprint density at radius 2 is 1.52 bits per heavy atom. The molecular weight excluding hydrogens is 382 g/mol. The second-order valence-electron chi connectivity index (χ2n) is 5.27. The number of carbonyl (C=O) groups is 1. The molecule has 0 saturated carbocycles. The minimum Gasteiger partial charge on any atom is -0.379 e. The number of methoxy groups -OCH3 is 1. The van der Waals surface area contributed by atoms with Gasteiger partial charge in [0.05, 0.1) is 26.7 Å². The lowest BCUT2D eigenvalue weighted by Crippen LogP contribution is -2.45. The number of carbonyl (C=O) groups excluding carboxylic acids is 1. The van der Waals surface area contributed by atoms with Crippen molar-refractivity contribution in [2.24, 2.45) is 0 Å². The number of amides is 1. The first kappa shape index (κ1) is 26.2. The number of alkyl halides is 6. The molecule has 1 amide bonds. The van der Waals surface area contributed by atoms with Crippen molar-refractivity contribution in [1.29, 1.82) is 0 Å². The molecule has 0 fully saturated rings. The fourth-order valence-electron chi connectivity index (χ4n) is 1.30. The summed E-state index contributed by atoms with van der Waals surface area (Å²) in [5.41, 5.74) is 0. The third kappa shape index (κ3) is 13.8. The zero-order valence-corrected chi connectivity index (χ0v) is 15.1. The number of quaternary nitrogens is 1. The maximum atomic E-state index is 11.5. The number of hydrogen-bond acceptors (Lipinski definition) is 4. The third-order valence-electron chi connectivity index (χ3n) is 3.22. The molecular formula is C12H23F6N2O4S+. The molecule has 0 atom stereocenters. The monoisotopic (exact) mass is 405 g/mol. The van der Waals surface area contributed by atoms with Crippen LogP contribution in [0.25, 0.3) is 0 Å². The highest BCUT2D eigenvalue weighted by Crippen LogP contribution is 2.18. The van der Waals surface area contributed by atoms with Gasteiger partial charge in [0.2, 0.25) is 10.0 Å². The van der Waals surface area contributed by atoms with Crippen molar-refractivity contribution < 1.29 is 48.8 Å². The SMILES string of the molecule is CC[N+](C)(CC)CCOC.O=C(NS(=O)(=O)CC(F)(F)F)C(F)(F)F. The Hall–Kier alpha value is -1.08. The molecule has 0 saturated heterocycles. The van der Waals surface area contributed by atoms with Crippen molar-refractivity contribution in [2.45, 2.75) is 26.2 Å². The van der Waals surface area contributed by atoms with Gasteiger partial charge < -0.3 is 9.22 Å². The summed E-state index contributed by atoms with van der Waals surface area (Å²) in [5.74, 6) is -5.52. The quantitative estimate of drug-likeness (QED) is 0.517. The summed E-state index contributed by atoms with van der Waals surface area (Å²) in [4.78, 5) is 9.98. The average Bonchev–Trinajstić information content (AvgIpc) is 2.41. The van der Waals surface area contributed by atoms with Crippen molar-refractivity contribution in [1.82, 2.24) is 4.72 Å². The van der Waals surface area contributed by atoms with Crippen LogP contribution in [0.1, 0.15) is 13.8 Å². The van der Waals surface area contributed by atoms with Gasteiger partial charge in [-0.3, -0.25) is 4.79 Å². The highest BCUT2D eigenvalue weighted by atomic mass is 32.2. The third-order valence-corrected chi connectivity index (χ3v) is 4.43. The van der Waals surface area contributed by atoms with Gasteiger partial charge in [0.1, 0.15) is 6.54 Å². The van der Waals surface area contributed by atoms with E-state index in [0.717, 1.165) is 17.6 Å². The van der Waals surface area contributed by atoms with Crippen LogP contribution in [0.15, 0.2) is 0 Å². The minimum absolute atomic E-state index is 0.241. The maximum absolute atomic E-state index is 11.5. The van der Waals surface area contributed by atoms with Crippen molar-refractivity contribution in [3.05, 3.63) is 0 Å². The van der Waals surface area contributed by atoms with E-state index in [1.165, 1.54) is 13.1 Å². The van der Waals surface area contributed by atoms with E-state index in [9.17, 15) is 39.6 Å². The first-order chi connectivity index (χ1) is 11.0. The van der Waals surface area contributed by atoms with Crippen molar-refractivity contribution >= 4 is 15.9 Å². The molecule has 6 nitrogen and oxygen atoms in total. The predicted octanol–water partition coefficient (Wildman–Crippen LogP) is 1.68. The number of likely N-dealkylation sites (N-methyl/N-ethyl adjacent to an activating group) is 1. The Balaban J connectivity index is 0. The highest BCUT2D eigenvalue weighted by molar-refractivity contribution is 7.90. The van der Waals surface area contributed by atoms with E-state index in [4.69, 9.17) is 4.74 Å². The van der Waals surface area contributed by atoms with E-state index >= 15 is 0 Å². The Kier molecular flexibility index (Phi) is 10.6. The van der Waals surface area contributed by atoms with Gasteiger partial charge in [0.25, 0.3) is 0 Å². The summed E-state index contributed by atoms with van der Waals surface area (Å²) in [5, 5.41) is 0. The standard InChI is InChI=1S/C8H20NO.C4H3F6NO3S/c1-5-9(3,6-2)7-8-10-4;5-3(6,7)1-15(13,14)11-2(12)4(8,9)10/h5-8H2,1-4H3;1H2,(H,11,12)/q+1;. The lowest BCUT2D eigenvalue weighted by Gasteiger charge is -2.31. The molecule has 0 bridgehead atoms. The molecule has 0 aliphatic rings. The van der Waals surface area contributed by atoms with E-state index in [2.05, 4.69) is 20.9 Å². The molecule has 0 radical (unpaired) electrons. The summed E-state index contributed by atoms with van der Waals surface area (Å²) in [6.45, 7) is 8.83. The van der Waals surface area contributed by atoms with Crippen LogP contribution >= 0.6 is 0 Å². The van der Waals surface area contributed by atoms with Crippen LogP contribution in [0.4, 0.5) is 26.3 Å². The van der Waals surface area contributed by atoms with Gasteiger partial charge in [0, 0.05) is 7.11 Å². The summed E-state index contributed by atoms with van der Waals surface area (Å²) in [6.07, 6.45) is -10.8. The molecule has 0 heterocycles. The predicted molar refractivity (Wildman–Crippen MR) is 78.0 cm³/mol. The Morgan fingerprint density at radius 1 is 1.08 bits per heavy atom. The van der Waals surface area contributed by atoms with Crippen LogP contribution < -0.4 is 4.72 Å². The summed E-state index contributed by atoms with van der Waals surface area (Å²) in [6, 6.07) is 0. The molecule has 0 unspecified atom stereocenters. The number of ether oxygens (including phenoxy) is 1. The van der Waals surface area contributed by atoms with E-state index < -0.39 is 34.0 Å². The van der Waals surface area contributed by atoms with Gasteiger partial charge >= 0.3 is 18.3 Å². The molecule has 0 aromatic heterocycles. The number of nitrogens with zero attached hydrogens (tertiary/aromatic N) is 1. The van der Waals surface area contributed by atoms with Crippen molar-refractivity contribution in [3.63, 3.8) is 0 Å². The largest absolute Gasteiger partial charge is 0.472 e. The summed E-state index contributed by atoms with van der Waals surface area (Å²) < 4.78 is 95.9. The van der Waals surface area contributed by atoms with E-state index in [0.29, 0.717) is 0 Å². The van der Waals surface area contributed by atoms with Gasteiger partial charge in [-0.2, -0.15) is 26.3 Å². The van der Waals surface area contributed by atoms with Crippen molar-refractivity contribution in [3.8, 4) is 0 Å². The smallest absolute Gasteiger partial charge is 0.379 e. The first-order valence-electron chi connectivity index (χ1n) is 7.02. The van der Waals surface area contributed by atoms with Gasteiger partial charge in [-0.1, -0.05) is 0 Å². The molecule has 0 spiro atoms. The van der Waals surface area contributed by atoms with E-state index in [1.807, 2.05) is 0 Å².